The fourth-order valence-electron chi connectivity index (χ4n) is 9.41. The summed E-state index contributed by atoms with van der Waals surface area (Å²) in [6.45, 7) is 7.80. The highest BCUT2D eigenvalue weighted by Gasteiger charge is 2.65. The molecule has 0 aliphatic heterocycles. The van der Waals surface area contributed by atoms with Crippen LogP contribution in [0, 0.1) is 46.3 Å². The summed E-state index contributed by atoms with van der Waals surface area (Å²) in [5.41, 5.74) is -1.57. The molecule has 4 saturated carbocycles. The minimum Gasteiger partial charge on any atom is -0.393 e. The molecule has 4 aliphatic carbocycles. The molecule has 4 rings (SSSR count). The molecule has 210 valence electrons. The smallest absolute Gasteiger partial charge is 0.393 e. The van der Waals surface area contributed by atoms with Crippen LogP contribution in [0.25, 0.3) is 0 Å². The first-order valence-electron chi connectivity index (χ1n) is 14.0. The highest BCUT2D eigenvalue weighted by Crippen LogP contribution is 2.68. The number of aliphatic hydroxyl groups is 4. The summed E-state index contributed by atoms with van der Waals surface area (Å²) in [6, 6.07) is 0. The maximum absolute atomic E-state index is 11.7. The third-order valence-corrected chi connectivity index (χ3v) is 11.8. The minimum absolute atomic E-state index is 0.0604. The van der Waals surface area contributed by atoms with Gasteiger partial charge < -0.3 is 20.4 Å². The van der Waals surface area contributed by atoms with Gasteiger partial charge in [-0.05, 0) is 105 Å². The molecule has 0 aromatic rings. The summed E-state index contributed by atoms with van der Waals surface area (Å²) in [6.07, 6.45) is 6.76. The van der Waals surface area contributed by atoms with E-state index >= 15 is 0 Å². The van der Waals surface area contributed by atoms with Gasteiger partial charge in [-0.3, -0.25) is 4.55 Å². The van der Waals surface area contributed by atoms with Crippen LogP contribution in [0.15, 0.2) is 0 Å². The predicted octanol–water partition coefficient (Wildman–Crippen LogP) is 3.32. The zero-order valence-electron chi connectivity index (χ0n) is 22.3. The average Bonchev–Trinajstić information content (AvgIpc) is 3.12. The molecule has 0 aromatic heterocycles. The van der Waals surface area contributed by atoms with Gasteiger partial charge in [0.25, 0.3) is 0 Å². The van der Waals surface area contributed by atoms with Crippen LogP contribution < -0.4 is 0 Å². The maximum atomic E-state index is 11.7. The third-order valence-electron chi connectivity index (χ3n) is 11.4. The molecule has 0 amide bonds. The van der Waals surface area contributed by atoms with Crippen LogP contribution in [-0.4, -0.2) is 63.9 Å². The van der Waals surface area contributed by atoms with Crippen LogP contribution in [0.4, 0.5) is 0 Å². The van der Waals surface area contributed by atoms with Gasteiger partial charge in [-0.15, -0.1) is 0 Å². The van der Waals surface area contributed by atoms with E-state index in [0.717, 1.165) is 44.9 Å². The van der Waals surface area contributed by atoms with E-state index in [1.807, 2.05) is 0 Å². The van der Waals surface area contributed by atoms with Crippen LogP contribution >= 0.6 is 0 Å². The summed E-state index contributed by atoms with van der Waals surface area (Å²) < 4.78 is 34.8. The van der Waals surface area contributed by atoms with E-state index in [0.29, 0.717) is 37.0 Å². The molecule has 5 N–H and O–H groups in total. The van der Waals surface area contributed by atoms with Gasteiger partial charge in [-0.25, -0.2) is 4.18 Å². The lowest BCUT2D eigenvalue weighted by Gasteiger charge is -2.63. The molecule has 0 saturated heterocycles. The van der Waals surface area contributed by atoms with E-state index in [4.69, 9.17) is 4.55 Å². The second-order valence-electron chi connectivity index (χ2n) is 13.6. The summed E-state index contributed by atoms with van der Waals surface area (Å²) in [7, 11) is -4.59. The maximum Gasteiger partial charge on any atom is 0.397 e. The summed E-state index contributed by atoms with van der Waals surface area (Å²) >= 11 is 0. The molecule has 0 spiro atoms. The first-order chi connectivity index (χ1) is 16.6. The van der Waals surface area contributed by atoms with Crippen LogP contribution in [-0.2, 0) is 14.6 Å². The molecule has 36 heavy (non-hydrogen) atoms. The topological polar surface area (TPSA) is 145 Å². The van der Waals surface area contributed by atoms with Crippen LogP contribution in [0.2, 0.25) is 0 Å². The Bertz CT molecular complexity index is 892. The van der Waals surface area contributed by atoms with Crippen LogP contribution in [0.5, 0.6) is 0 Å². The highest BCUT2D eigenvalue weighted by atomic mass is 32.3. The van der Waals surface area contributed by atoms with Gasteiger partial charge >= 0.3 is 10.4 Å². The van der Waals surface area contributed by atoms with Crippen molar-refractivity contribution in [1.29, 1.82) is 0 Å². The lowest BCUT2D eigenvalue weighted by molar-refractivity contribution is -0.207. The minimum atomic E-state index is -4.59. The van der Waals surface area contributed by atoms with Crippen molar-refractivity contribution < 1.29 is 37.6 Å². The molecular weight excluding hydrogens is 484 g/mol. The SMILES string of the molecule is C[C@H](CCC[C@@](C)(O)COS(=O)(=O)O)[C@H]1CC[C@H]2[C@@H]3[C@H](O)C[C@@H]4C[C@H](O)CC[C@]4(C)[C@H]3C[C@H](O)[C@]12C. The van der Waals surface area contributed by atoms with Gasteiger partial charge in [-0.1, -0.05) is 33.6 Å². The van der Waals surface area contributed by atoms with Gasteiger partial charge in [0, 0.05) is 0 Å². The van der Waals surface area contributed by atoms with Crippen LogP contribution in [0.1, 0.15) is 91.9 Å². The van der Waals surface area contributed by atoms with Crippen molar-refractivity contribution in [3.8, 4) is 0 Å². The molecule has 4 fully saturated rings. The lowest BCUT2D eigenvalue weighted by atomic mass is 9.43. The van der Waals surface area contributed by atoms with Crippen molar-refractivity contribution >= 4 is 10.4 Å². The normalized spacial score (nSPS) is 47.4. The van der Waals surface area contributed by atoms with E-state index in [1.54, 1.807) is 0 Å². The Balaban J connectivity index is 1.43. The number of fused-ring (bicyclic) bond motifs is 5. The largest absolute Gasteiger partial charge is 0.397 e. The van der Waals surface area contributed by atoms with E-state index in [2.05, 4.69) is 25.0 Å². The van der Waals surface area contributed by atoms with Crippen LogP contribution in [0.3, 0.4) is 0 Å². The summed E-state index contributed by atoms with van der Waals surface area (Å²) in [5.74, 6) is 1.65. The van der Waals surface area contributed by atoms with Crippen molar-refractivity contribution in [3.05, 3.63) is 0 Å². The molecule has 9 heteroatoms. The van der Waals surface area contributed by atoms with Crippen molar-refractivity contribution in [3.63, 3.8) is 0 Å². The monoisotopic (exact) mass is 532 g/mol. The fourth-order valence-corrected chi connectivity index (χ4v) is 9.81. The second kappa shape index (κ2) is 10.0. The summed E-state index contributed by atoms with van der Waals surface area (Å²) in [4.78, 5) is 0. The van der Waals surface area contributed by atoms with Gasteiger partial charge in [0.2, 0.25) is 0 Å². The zero-order valence-corrected chi connectivity index (χ0v) is 23.2. The van der Waals surface area contributed by atoms with Crippen molar-refractivity contribution in [2.45, 2.75) is 116 Å². The molecule has 0 heterocycles. The first kappa shape index (κ1) is 28.7. The molecule has 12 atom stereocenters. The molecule has 0 radical (unpaired) electrons. The number of aliphatic hydroxyl groups excluding tert-OH is 3. The Labute approximate surface area is 216 Å². The second-order valence-corrected chi connectivity index (χ2v) is 14.7. The molecule has 0 unspecified atom stereocenters. The van der Waals surface area contributed by atoms with E-state index in [1.165, 1.54) is 6.92 Å². The Morgan fingerprint density at radius 3 is 2.42 bits per heavy atom. The lowest BCUT2D eigenvalue weighted by Crippen LogP contribution is -2.62. The Hall–Kier alpha value is -0.290. The van der Waals surface area contributed by atoms with Gasteiger partial charge in [0.1, 0.15) is 0 Å². The Morgan fingerprint density at radius 2 is 1.75 bits per heavy atom. The average molecular weight is 533 g/mol. The van der Waals surface area contributed by atoms with E-state index in [-0.39, 0.29) is 40.8 Å². The van der Waals surface area contributed by atoms with Gasteiger partial charge in [0.15, 0.2) is 0 Å². The number of rotatable bonds is 8. The van der Waals surface area contributed by atoms with Crippen molar-refractivity contribution in [2.24, 2.45) is 46.3 Å². The number of hydrogen-bond donors (Lipinski definition) is 5. The predicted molar refractivity (Wildman–Crippen MR) is 135 cm³/mol. The first-order valence-corrected chi connectivity index (χ1v) is 15.3. The van der Waals surface area contributed by atoms with Gasteiger partial charge in [-0.2, -0.15) is 8.42 Å². The molecule has 0 aromatic carbocycles. The zero-order chi connectivity index (χ0) is 26.7. The molecule has 8 nitrogen and oxygen atoms in total. The standard InChI is InChI=1S/C27H48O8S/c1-16(6-5-10-25(2,31)15-35-36(32,33)34)19-7-8-20-24-21(14-23(30)27(19,20)4)26(3)11-9-18(28)12-17(26)13-22(24)29/h16-24,28-31H,5-15H2,1-4H3,(H,32,33,34)/t16-,17+,18-,19-,20+,21+,22-,23+,24+,25-,26+,27-/m1/s1. The van der Waals surface area contributed by atoms with E-state index < -0.39 is 28.7 Å². The quantitative estimate of drug-likeness (QED) is 0.299. The molecular formula is C27H48O8S. The highest BCUT2D eigenvalue weighted by molar-refractivity contribution is 7.80. The van der Waals surface area contributed by atoms with Crippen molar-refractivity contribution in [1.82, 2.24) is 0 Å². The summed E-state index contributed by atoms with van der Waals surface area (Å²) in [5, 5.41) is 43.8. The molecule has 4 aliphatic rings. The number of hydrogen-bond acceptors (Lipinski definition) is 7. The van der Waals surface area contributed by atoms with E-state index in [9.17, 15) is 28.8 Å². The Morgan fingerprint density at radius 1 is 1.06 bits per heavy atom. The third kappa shape index (κ3) is 5.27. The fraction of sp³-hybridized carbons (Fsp3) is 1.00. The van der Waals surface area contributed by atoms with Gasteiger partial charge in [0.05, 0.1) is 30.5 Å². The van der Waals surface area contributed by atoms with Crippen molar-refractivity contribution in [2.75, 3.05) is 6.61 Å². The molecule has 0 bridgehead atoms. The Kier molecular flexibility index (Phi) is 8.00.